The van der Waals surface area contributed by atoms with Crippen LogP contribution >= 0.6 is 23.1 Å². The fourth-order valence-electron chi connectivity index (χ4n) is 2.70. The minimum absolute atomic E-state index is 0.000485. The molecule has 0 saturated heterocycles. The van der Waals surface area contributed by atoms with E-state index in [1.165, 1.54) is 42.4 Å². The van der Waals surface area contributed by atoms with Gasteiger partial charge in [0.25, 0.3) is 5.91 Å². The van der Waals surface area contributed by atoms with Crippen molar-refractivity contribution >= 4 is 45.3 Å². The standard InChI is InChI=1S/C21H19N3O4S2/c1-3-28-15-4-5-16-18(9-15)30-21(24-16)29-11-14-7-12(6-13(10-22)20(23)26)8-17(27-2)19(14)25/h4-9,25H,3,11H2,1-2H3,(H2,23,26)/b13-6-. The van der Waals surface area contributed by atoms with E-state index in [-0.39, 0.29) is 17.1 Å². The summed E-state index contributed by atoms with van der Waals surface area (Å²) in [6.45, 7) is 2.53. The highest BCUT2D eigenvalue weighted by molar-refractivity contribution is 8.00. The summed E-state index contributed by atoms with van der Waals surface area (Å²) in [5.74, 6) is 0.642. The predicted octanol–water partition coefficient (Wildman–Crippen LogP) is 4.09. The third-order valence-corrected chi connectivity index (χ3v) is 6.31. The van der Waals surface area contributed by atoms with Crippen molar-refractivity contribution in [1.82, 2.24) is 4.98 Å². The van der Waals surface area contributed by atoms with Crippen LogP contribution in [-0.2, 0) is 10.5 Å². The zero-order valence-electron chi connectivity index (χ0n) is 16.3. The van der Waals surface area contributed by atoms with Gasteiger partial charge in [-0.15, -0.1) is 11.3 Å². The highest BCUT2D eigenvalue weighted by atomic mass is 32.2. The number of hydrogen-bond acceptors (Lipinski definition) is 8. The number of primary amides is 1. The third-order valence-electron chi connectivity index (χ3n) is 4.10. The Morgan fingerprint density at radius 2 is 2.20 bits per heavy atom. The Hall–Kier alpha value is -3.22. The topological polar surface area (TPSA) is 118 Å². The zero-order valence-corrected chi connectivity index (χ0v) is 18.0. The van der Waals surface area contributed by atoms with E-state index in [2.05, 4.69) is 4.98 Å². The number of nitrogens with two attached hydrogens (primary N) is 1. The van der Waals surface area contributed by atoms with Crippen LogP contribution < -0.4 is 15.2 Å². The van der Waals surface area contributed by atoms with Crippen molar-refractivity contribution < 1.29 is 19.4 Å². The Kier molecular flexibility index (Phi) is 6.82. The second-order valence-corrected chi connectivity index (χ2v) is 8.35. The number of phenolic OH excluding ortho intramolecular Hbond substituents is 1. The number of aromatic nitrogens is 1. The lowest BCUT2D eigenvalue weighted by molar-refractivity contribution is -0.114. The molecule has 1 aromatic heterocycles. The smallest absolute Gasteiger partial charge is 0.259 e. The Morgan fingerprint density at radius 3 is 2.87 bits per heavy atom. The number of phenols is 1. The van der Waals surface area contributed by atoms with Gasteiger partial charge in [0.05, 0.1) is 23.9 Å². The van der Waals surface area contributed by atoms with Gasteiger partial charge in [0.15, 0.2) is 15.8 Å². The van der Waals surface area contributed by atoms with Crippen LogP contribution in [0.1, 0.15) is 18.1 Å². The first-order chi connectivity index (χ1) is 14.4. The van der Waals surface area contributed by atoms with Gasteiger partial charge in [0.2, 0.25) is 0 Å². The Bertz CT molecular complexity index is 1170. The van der Waals surface area contributed by atoms with E-state index >= 15 is 0 Å². The molecule has 0 radical (unpaired) electrons. The number of amides is 1. The first-order valence-electron chi connectivity index (χ1n) is 8.92. The number of thioether (sulfide) groups is 1. The second kappa shape index (κ2) is 9.52. The van der Waals surface area contributed by atoms with Gasteiger partial charge in [0, 0.05) is 11.3 Å². The summed E-state index contributed by atoms with van der Waals surface area (Å²) < 4.78 is 12.6. The molecule has 3 N–H and O–H groups in total. The quantitative estimate of drug-likeness (QED) is 0.307. The molecule has 0 bridgehead atoms. The van der Waals surface area contributed by atoms with Crippen molar-refractivity contribution in [2.45, 2.75) is 17.0 Å². The number of rotatable bonds is 8. The molecule has 0 aliphatic heterocycles. The summed E-state index contributed by atoms with van der Waals surface area (Å²) in [6, 6.07) is 10.8. The third kappa shape index (κ3) is 4.84. The summed E-state index contributed by atoms with van der Waals surface area (Å²) in [7, 11) is 1.43. The molecule has 0 aliphatic rings. The van der Waals surface area contributed by atoms with Gasteiger partial charge in [-0.3, -0.25) is 4.79 Å². The van der Waals surface area contributed by atoms with E-state index in [0.29, 0.717) is 23.5 Å². The molecule has 1 heterocycles. The van der Waals surface area contributed by atoms with Gasteiger partial charge in [-0.1, -0.05) is 11.8 Å². The largest absolute Gasteiger partial charge is 0.504 e. The Morgan fingerprint density at radius 1 is 1.40 bits per heavy atom. The van der Waals surface area contributed by atoms with E-state index in [1.807, 2.05) is 25.1 Å². The van der Waals surface area contributed by atoms with E-state index in [9.17, 15) is 9.90 Å². The van der Waals surface area contributed by atoms with Gasteiger partial charge in [0.1, 0.15) is 17.4 Å². The number of methoxy groups -OCH3 is 1. The normalized spacial score (nSPS) is 11.3. The SMILES string of the molecule is CCOc1ccc2nc(SCc3cc(/C=C(/C#N)C(N)=O)cc(OC)c3O)sc2c1. The number of hydrogen-bond donors (Lipinski definition) is 2. The number of carbonyl (C=O) groups is 1. The van der Waals surface area contributed by atoms with Crippen molar-refractivity contribution in [2.24, 2.45) is 5.73 Å². The Labute approximate surface area is 181 Å². The van der Waals surface area contributed by atoms with E-state index in [0.717, 1.165) is 20.3 Å². The molecule has 0 spiro atoms. The number of benzene rings is 2. The molecule has 0 unspecified atom stereocenters. The van der Waals surface area contributed by atoms with Crippen molar-refractivity contribution in [2.75, 3.05) is 13.7 Å². The number of thiazole rings is 1. The summed E-state index contributed by atoms with van der Waals surface area (Å²) in [5, 5.41) is 19.5. The molecule has 0 saturated carbocycles. The minimum Gasteiger partial charge on any atom is -0.504 e. The van der Waals surface area contributed by atoms with Crippen LogP contribution in [0.3, 0.4) is 0 Å². The molecule has 0 aliphatic carbocycles. The van der Waals surface area contributed by atoms with Crippen molar-refractivity contribution in [3.8, 4) is 23.3 Å². The maximum Gasteiger partial charge on any atom is 0.259 e. The maximum absolute atomic E-state index is 11.3. The summed E-state index contributed by atoms with van der Waals surface area (Å²) in [6.07, 6.45) is 1.37. The minimum atomic E-state index is -0.818. The first kappa shape index (κ1) is 21.5. The summed E-state index contributed by atoms with van der Waals surface area (Å²) >= 11 is 3.00. The van der Waals surface area contributed by atoms with Gasteiger partial charge in [-0.25, -0.2) is 4.98 Å². The highest BCUT2D eigenvalue weighted by Crippen LogP contribution is 2.38. The predicted molar refractivity (Wildman–Crippen MR) is 118 cm³/mol. The average molecular weight is 442 g/mol. The molecule has 2 aromatic carbocycles. The molecular formula is C21H19N3O4S2. The molecular weight excluding hydrogens is 422 g/mol. The lowest BCUT2D eigenvalue weighted by Gasteiger charge is -2.10. The summed E-state index contributed by atoms with van der Waals surface area (Å²) in [4.78, 5) is 15.9. The van der Waals surface area contributed by atoms with E-state index in [4.69, 9.17) is 20.5 Å². The Balaban J connectivity index is 1.87. The molecule has 30 heavy (non-hydrogen) atoms. The number of aromatic hydroxyl groups is 1. The van der Waals surface area contributed by atoms with Crippen LogP contribution in [0, 0.1) is 11.3 Å². The second-order valence-electron chi connectivity index (χ2n) is 6.10. The van der Waals surface area contributed by atoms with Crippen molar-refractivity contribution in [3.05, 3.63) is 47.0 Å². The molecule has 154 valence electrons. The first-order valence-corrected chi connectivity index (χ1v) is 10.7. The number of carbonyl (C=O) groups excluding carboxylic acids is 1. The number of ether oxygens (including phenoxy) is 2. The van der Waals surface area contributed by atoms with Crippen LogP contribution in [0.4, 0.5) is 0 Å². The van der Waals surface area contributed by atoms with Gasteiger partial charge in [-0.2, -0.15) is 5.26 Å². The molecule has 3 aromatic rings. The fraction of sp³-hybridized carbons (Fsp3) is 0.190. The fourth-order valence-corrected chi connectivity index (χ4v) is 4.77. The van der Waals surface area contributed by atoms with Crippen LogP contribution in [-0.4, -0.2) is 29.7 Å². The van der Waals surface area contributed by atoms with Crippen molar-refractivity contribution in [3.63, 3.8) is 0 Å². The molecule has 0 fully saturated rings. The van der Waals surface area contributed by atoms with E-state index in [1.54, 1.807) is 12.1 Å². The number of nitriles is 1. The molecule has 0 atom stereocenters. The lowest BCUT2D eigenvalue weighted by Crippen LogP contribution is -2.12. The average Bonchev–Trinajstić information content (AvgIpc) is 3.14. The van der Waals surface area contributed by atoms with Gasteiger partial charge in [-0.05, 0) is 48.9 Å². The highest BCUT2D eigenvalue weighted by Gasteiger charge is 2.14. The monoisotopic (exact) mass is 441 g/mol. The number of nitrogens with zero attached hydrogens (tertiary/aromatic N) is 2. The molecule has 3 rings (SSSR count). The van der Waals surface area contributed by atoms with Crippen LogP contribution in [0.2, 0.25) is 0 Å². The van der Waals surface area contributed by atoms with Crippen LogP contribution in [0.15, 0.2) is 40.2 Å². The van der Waals surface area contributed by atoms with E-state index < -0.39 is 5.91 Å². The van der Waals surface area contributed by atoms with Crippen molar-refractivity contribution in [1.29, 1.82) is 5.26 Å². The zero-order chi connectivity index (χ0) is 21.7. The van der Waals surface area contributed by atoms with Crippen LogP contribution in [0.5, 0.6) is 17.2 Å². The maximum atomic E-state index is 11.3. The number of fused-ring (bicyclic) bond motifs is 1. The lowest BCUT2D eigenvalue weighted by atomic mass is 10.1. The summed E-state index contributed by atoms with van der Waals surface area (Å²) in [5.41, 5.74) is 7.01. The molecule has 9 heteroatoms. The van der Waals surface area contributed by atoms with Gasteiger partial charge >= 0.3 is 0 Å². The molecule has 7 nitrogen and oxygen atoms in total. The molecule has 1 amide bonds. The van der Waals surface area contributed by atoms with Gasteiger partial charge < -0.3 is 20.3 Å². The van der Waals surface area contributed by atoms with Crippen LogP contribution in [0.25, 0.3) is 16.3 Å².